The SMILES string of the molecule is C#Cc1c(F)ccc2cc(O)cc(N3Cc4nc(OC[C@]5(C)C[C@@H](F)CN5Cc5cccnc5)nc(NCC5(N(C)C(=O)C=C)CCCC5)c4OC3=O)c12. The van der Waals surface area contributed by atoms with Crippen LogP contribution in [0, 0.1) is 18.2 Å². The molecule has 54 heavy (non-hydrogen) atoms. The highest BCUT2D eigenvalue weighted by Gasteiger charge is 2.44. The Bertz CT molecular complexity index is 2160. The van der Waals surface area contributed by atoms with Gasteiger partial charge in [-0.1, -0.05) is 37.5 Å². The lowest BCUT2D eigenvalue weighted by Crippen LogP contribution is -2.51. The van der Waals surface area contributed by atoms with Gasteiger partial charge in [0.15, 0.2) is 11.6 Å². The number of phenols is 1. The Hall–Kier alpha value is -5.81. The average Bonchev–Trinajstić information content (AvgIpc) is 3.76. The maximum absolute atomic E-state index is 15.0. The molecule has 280 valence electrons. The fourth-order valence-corrected chi connectivity index (χ4v) is 7.92. The maximum atomic E-state index is 15.0. The Morgan fingerprint density at radius 2 is 2.07 bits per heavy atom. The summed E-state index contributed by atoms with van der Waals surface area (Å²) in [5, 5.41) is 14.6. The van der Waals surface area contributed by atoms with Crippen LogP contribution in [0.25, 0.3) is 10.8 Å². The normalized spacial score (nSPS) is 20.6. The number of rotatable bonds is 11. The summed E-state index contributed by atoms with van der Waals surface area (Å²) in [6, 6.07) is 9.12. The highest BCUT2D eigenvalue weighted by molar-refractivity contribution is 6.06. The van der Waals surface area contributed by atoms with Crippen LogP contribution >= 0.6 is 0 Å². The lowest BCUT2D eigenvalue weighted by Gasteiger charge is -2.39. The van der Waals surface area contributed by atoms with Gasteiger partial charge in [0.1, 0.15) is 30.0 Å². The molecule has 2 aliphatic heterocycles. The fourth-order valence-electron chi connectivity index (χ4n) is 7.92. The molecule has 4 heterocycles. The minimum Gasteiger partial charge on any atom is -0.508 e. The third-order valence-electron chi connectivity index (χ3n) is 10.9. The number of benzene rings is 2. The number of carbonyl (C=O) groups excluding carboxylic acids is 2. The number of likely N-dealkylation sites (N-methyl/N-ethyl adjacent to an activating group) is 1. The second-order valence-electron chi connectivity index (χ2n) is 14.4. The van der Waals surface area contributed by atoms with Crippen molar-refractivity contribution < 1.29 is 33.0 Å². The Kier molecular flexibility index (Phi) is 9.85. The van der Waals surface area contributed by atoms with Gasteiger partial charge in [-0.3, -0.25) is 19.6 Å². The number of amides is 2. The van der Waals surface area contributed by atoms with E-state index in [1.165, 1.54) is 35.2 Å². The molecular weight excluding hydrogens is 696 g/mol. The predicted octanol–water partition coefficient (Wildman–Crippen LogP) is 6.12. The molecule has 2 aromatic carbocycles. The van der Waals surface area contributed by atoms with Gasteiger partial charge in [-0.05, 0) is 55.0 Å². The number of phenolic OH excluding ortho intramolecular Hbond substituents is 1. The molecule has 2 fully saturated rings. The van der Waals surface area contributed by atoms with Crippen LogP contribution in [0.1, 0.15) is 55.8 Å². The molecule has 7 rings (SSSR count). The van der Waals surface area contributed by atoms with Crippen LogP contribution in [0.4, 0.5) is 25.1 Å². The molecule has 0 bridgehead atoms. The third kappa shape index (κ3) is 6.87. The van der Waals surface area contributed by atoms with E-state index in [1.54, 1.807) is 24.3 Å². The number of pyridine rings is 1. The average molecular weight is 738 g/mol. The number of hydrogen-bond donors (Lipinski definition) is 2. The van der Waals surface area contributed by atoms with Gasteiger partial charge in [0, 0.05) is 56.9 Å². The molecule has 2 aromatic heterocycles. The van der Waals surface area contributed by atoms with Crippen LogP contribution in [0.15, 0.2) is 61.4 Å². The second kappa shape index (κ2) is 14.5. The van der Waals surface area contributed by atoms with Crippen molar-refractivity contribution in [2.45, 2.75) is 69.4 Å². The number of alkyl halides is 1. The van der Waals surface area contributed by atoms with E-state index in [9.17, 15) is 23.5 Å². The highest BCUT2D eigenvalue weighted by atomic mass is 19.1. The predicted molar refractivity (Wildman–Crippen MR) is 198 cm³/mol. The number of fused-ring (bicyclic) bond motifs is 2. The first kappa shape index (κ1) is 36.5. The molecule has 12 nitrogen and oxygen atoms in total. The molecule has 1 aliphatic carbocycles. The maximum Gasteiger partial charge on any atom is 0.420 e. The molecule has 2 N–H and O–H groups in total. The van der Waals surface area contributed by atoms with Crippen molar-refractivity contribution in [2.24, 2.45) is 0 Å². The monoisotopic (exact) mass is 737 g/mol. The minimum absolute atomic E-state index is 0.0396. The number of halogens is 2. The number of aromatic hydroxyl groups is 1. The number of ether oxygens (including phenoxy) is 2. The van der Waals surface area contributed by atoms with E-state index in [-0.39, 0.29) is 84.2 Å². The smallest absolute Gasteiger partial charge is 0.420 e. The lowest BCUT2D eigenvalue weighted by atomic mass is 9.95. The number of terminal acetylenes is 1. The van der Waals surface area contributed by atoms with Crippen molar-refractivity contribution in [3.05, 3.63) is 84.1 Å². The number of anilines is 2. The van der Waals surface area contributed by atoms with Gasteiger partial charge in [-0.15, -0.1) is 6.42 Å². The van der Waals surface area contributed by atoms with Crippen molar-refractivity contribution >= 4 is 34.3 Å². The zero-order valence-corrected chi connectivity index (χ0v) is 30.1. The van der Waals surface area contributed by atoms with Crippen molar-refractivity contribution in [2.75, 3.05) is 37.0 Å². The zero-order chi connectivity index (χ0) is 38.2. The molecule has 0 unspecified atom stereocenters. The molecule has 3 aliphatic rings. The molecular formula is C40H41F2N7O5. The van der Waals surface area contributed by atoms with E-state index in [2.05, 4.69) is 32.8 Å². The Labute approximate surface area is 311 Å². The second-order valence-corrected chi connectivity index (χ2v) is 14.4. The highest BCUT2D eigenvalue weighted by Crippen LogP contribution is 2.42. The molecule has 14 heteroatoms. The van der Waals surface area contributed by atoms with Crippen LogP contribution in [0.3, 0.4) is 0 Å². The molecule has 1 saturated carbocycles. The van der Waals surface area contributed by atoms with Crippen molar-refractivity contribution in [1.29, 1.82) is 0 Å². The first-order valence-electron chi connectivity index (χ1n) is 17.8. The Morgan fingerprint density at radius 3 is 2.80 bits per heavy atom. The Balaban J connectivity index is 1.25. The number of hydrogen-bond acceptors (Lipinski definition) is 10. The summed E-state index contributed by atoms with van der Waals surface area (Å²) in [5.74, 6) is 1.52. The number of nitrogens with zero attached hydrogens (tertiary/aromatic N) is 6. The van der Waals surface area contributed by atoms with Crippen LogP contribution in [0.5, 0.6) is 17.5 Å². The standard InChI is InChI=1S/C40H41F2N7O5/c1-5-29-30(42)12-11-26-16-28(50)17-32(34(26)29)49-22-31-35(54-38(49)52)36(44-23-40(13-7-8-14-40)47(4)33(51)6-2)46-37(45-31)53-24-39(3)18-27(41)21-48(39)20-25-10-9-15-43-19-25/h1,6,9-12,15-17,19,27,50H,2,7-8,13-14,18,20-24H2,3-4H3,(H,44,45,46)/t27-,39+/m1/s1. The Morgan fingerprint density at radius 1 is 1.28 bits per heavy atom. The molecule has 4 aromatic rings. The van der Waals surface area contributed by atoms with Gasteiger partial charge in [-0.25, -0.2) is 13.6 Å². The zero-order valence-electron chi connectivity index (χ0n) is 30.1. The van der Waals surface area contributed by atoms with Gasteiger partial charge in [0.2, 0.25) is 5.91 Å². The summed E-state index contributed by atoms with van der Waals surface area (Å²) in [5.41, 5.74) is -0.0626. The number of likely N-dealkylation sites (tertiary alicyclic amines) is 1. The van der Waals surface area contributed by atoms with Crippen LogP contribution in [-0.2, 0) is 17.9 Å². The number of carbonyl (C=O) groups is 2. The van der Waals surface area contributed by atoms with E-state index in [1.807, 2.05) is 24.0 Å². The third-order valence-corrected chi connectivity index (χ3v) is 10.9. The quantitative estimate of drug-likeness (QED) is 0.137. The van der Waals surface area contributed by atoms with Crippen LogP contribution < -0.4 is 19.7 Å². The van der Waals surface area contributed by atoms with E-state index in [4.69, 9.17) is 15.9 Å². The summed E-state index contributed by atoms with van der Waals surface area (Å²) in [4.78, 5) is 45.0. The molecule has 2 amide bonds. The topological polar surface area (TPSA) is 133 Å². The van der Waals surface area contributed by atoms with Gasteiger partial charge in [0.25, 0.3) is 0 Å². The summed E-state index contributed by atoms with van der Waals surface area (Å²) in [6.07, 6.45) is 12.0. The lowest BCUT2D eigenvalue weighted by molar-refractivity contribution is -0.129. The van der Waals surface area contributed by atoms with Gasteiger partial charge in [0.05, 0.1) is 28.9 Å². The van der Waals surface area contributed by atoms with E-state index in [0.717, 1.165) is 31.2 Å². The number of nitrogens with one attached hydrogen (secondary N) is 1. The van der Waals surface area contributed by atoms with Gasteiger partial charge in [-0.2, -0.15) is 9.97 Å². The van der Waals surface area contributed by atoms with Gasteiger partial charge < -0.3 is 24.8 Å². The van der Waals surface area contributed by atoms with Crippen molar-refractivity contribution in [1.82, 2.24) is 24.8 Å². The van der Waals surface area contributed by atoms with E-state index < -0.39 is 29.2 Å². The summed E-state index contributed by atoms with van der Waals surface area (Å²) < 4.78 is 42.1. The first-order valence-corrected chi connectivity index (χ1v) is 17.8. The number of aromatic nitrogens is 3. The molecule has 0 radical (unpaired) electrons. The fraction of sp³-hybridized carbons (Fsp3) is 0.375. The van der Waals surface area contributed by atoms with E-state index in [0.29, 0.717) is 11.9 Å². The molecule has 0 spiro atoms. The van der Waals surface area contributed by atoms with Gasteiger partial charge >= 0.3 is 12.1 Å². The molecule has 2 atom stereocenters. The van der Waals surface area contributed by atoms with E-state index >= 15 is 0 Å². The first-order chi connectivity index (χ1) is 25.9. The van der Waals surface area contributed by atoms with Crippen LogP contribution in [0.2, 0.25) is 0 Å². The molecule has 1 saturated heterocycles. The minimum atomic E-state index is -1.07. The van der Waals surface area contributed by atoms with Crippen molar-refractivity contribution in [3.8, 4) is 29.9 Å². The summed E-state index contributed by atoms with van der Waals surface area (Å²) in [6.45, 7) is 6.40. The summed E-state index contributed by atoms with van der Waals surface area (Å²) in [7, 11) is 1.74. The summed E-state index contributed by atoms with van der Waals surface area (Å²) >= 11 is 0. The largest absolute Gasteiger partial charge is 0.508 e. The van der Waals surface area contributed by atoms with Crippen molar-refractivity contribution in [3.63, 3.8) is 0 Å². The van der Waals surface area contributed by atoms with Crippen LogP contribution in [-0.4, -0.2) is 85.9 Å².